The van der Waals surface area contributed by atoms with E-state index < -0.39 is 0 Å². The van der Waals surface area contributed by atoms with Gasteiger partial charge in [-0.3, -0.25) is 19.3 Å². The number of hydrogen-bond donors (Lipinski definition) is 1. The normalized spacial score (nSPS) is 20.1. The fourth-order valence-corrected chi connectivity index (χ4v) is 4.52. The van der Waals surface area contributed by atoms with E-state index in [4.69, 9.17) is 4.74 Å². The van der Waals surface area contributed by atoms with Gasteiger partial charge in [-0.15, -0.1) is 0 Å². The number of nitrogens with zero attached hydrogens (tertiary/aromatic N) is 4. The summed E-state index contributed by atoms with van der Waals surface area (Å²) >= 11 is 0. The van der Waals surface area contributed by atoms with Gasteiger partial charge in [0.15, 0.2) is 5.69 Å². The average molecular weight is 409 g/mol. The van der Waals surface area contributed by atoms with E-state index in [-0.39, 0.29) is 17.4 Å². The summed E-state index contributed by atoms with van der Waals surface area (Å²) in [5, 5.41) is 7.52. The second-order valence-electron chi connectivity index (χ2n) is 8.75. The third kappa shape index (κ3) is 3.39. The molecule has 8 heteroatoms. The van der Waals surface area contributed by atoms with E-state index in [1.807, 2.05) is 35.7 Å². The molecule has 3 aliphatic rings. The monoisotopic (exact) mass is 409 g/mol. The Balaban J connectivity index is 1.29. The van der Waals surface area contributed by atoms with Gasteiger partial charge in [-0.05, 0) is 44.2 Å². The summed E-state index contributed by atoms with van der Waals surface area (Å²) in [7, 11) is 1.90. The lowest BCUT2D eigenvalue weighted by Gasteiger charge is -2.43. The fraction of sp³-hybridized carbons (Fsp3) is 0.545. The number of fused-ring (bicyclic) bond motifs is 1. The van der Waals surface area contributed by atoms with Crippen LogP contribution in [0.5, 0.6) is 0 Å². The van der Waals surface area contributed by atoms with Crippen molar-refractivity contribution in [1.29, 1.82) is 0 Å². The first kappa shape index (κ1) is 19.2. The number of ether oxygens (including phenoxy) is 1. The number of carbonyl (C=O) groups excluding carboxylic acids is 2. The summed E-state index contributed by atoms with van der Waals surface area (Å²) in [5.74, 6) is -0.112. The van der Waals surface area contributed by atoms with Crippen LogP contribution in [0.15, 0.2) is 18.3 Å². The molecule has 0 radical (unpaired) electrons. The number of likely N-dealkylation sites (tertiary alicyclic amines) is 1. The van der Waals surface area contributed by atoms with E-state index >= 15 is 0 Å². The topological polar surface area (TPSA) is 89.4 Å². The number of piperidine rings is 1. The van der Waals surface area contributed by atoms with Crippen molar-refractivity contribution in [2.75, 3.05) is 13.1 Å². The van der Waals surface area contributed by atoms with Crippen molar-refractivity contribution in [3.8, 4) is 0 Å². The van der Waals surface area contributed by atoms with Gasteiger partial charge in [0.1, 0.15) is 5.69 Å². The van der Waals surface area contributed by atoms with Gasteiger partial charge in [0.25, 0.3) is 11.8 Å². The quantitative estimate of drug-likeness (QED) is 0.835. The number of pyridine rings is 1. The molecule has 5 rings (SSSR count). The van der Waals surface area contributed by atoms with E-state index in [0.717, 1.165) is 42.5 Å². The summed E-state index contributed by atoms with van der Waals surface area (Å²) in [6.07, 6.45) is 6.00. The molecule has 8 nitrogen and oxygen atoms in total. The largest absolute Gasteiger partial charge is 0.370 e. The average Bonchev–Trinajstić information content (AvgIpc) is 3.50. The Morgan fingerprint density at radius 2 is 2.00 bits per heavy atom. The van der Waals surface area contributed by atoms with Crippen LogP contribution in [0.1, 0.15) is 63.5 Å². The van der Waals surface area contributed by atoms with Gasteiger partial charge in [0.2, 0.25) is 0 Å². The SMILES string of the molecule is Cc1cccnc1C(=O)N1CCC2(CC1)Cc1c(c(C(=O)NC3CC3)nn1C)CO2. The van der Waals surface area contributed by atoms with Gasteiger partial charge in [-0.1, -0.05) is 6.07 Å². The van der Waals surface area contributed by atoms with E-state index in [1.54, 1.807) is 6.20 Å². The van der Waals surface area contributed by atoms with Crippen LogP contribution in [0.3, 0.4) is 0 Å². The van der Waals surface area contributed by atoms with Crippen molar-refractivity contribution in [2.24, 2.45) is 7.05 Å². The number of rotatable bonds is 3. The van der Waals surface area contributed by atoms with Crippen molar-refractivity contribution in [2.45, 2.75) is 57.3 Å². The van der Waals surface area contributed by atoms with E-state index in [1.165, 1.54) is 0 Å². The lowest BCUT2D eigenvalue weighted by Crippen LogP contribution is -2.51. The van der Waals surface area contributed by atoms with Crippen LogP contribution in [-0.4, -0.2) is 56.2 Å². The second-order valence-corrected chi connectivity index (χ2v) is 8.75. The highest BCUT2D eigenvalue weighted by Gasteiger charge is 2.43. The number of amides is 2. The predicted molar refractivity (Wildman–Crippen MR) is 109 cm³/mol. The minimum absolute atomic E-state index is 0.0148. The van der Waals surface area contributed by atoms with Gasteiger partial charge in [-0.2, -0.15) is 5.10 Å². The first-order chi connectivity index (χ1) is 14.5. The summed E-state index contributed by atoms with van der Waals surface area (Å²) in [5.41, 5.74) is 3.59. The maximum absolute atomic E-state index is 12.9. The summed E-state index contributed by atoms with van der Waals surface area (Å²) in [6, 6.07) is 4.06. The predicted octanol–water partition coefficient (Wildman–Crippen LogP) is 1.76. The smallest absolute Gasteiger partial charge is 0.272 e. The molecule has 158 valence electrons. The van der Waals surface area contributed by atoms with Crippen LogP contribution >= 0.6 is 0 Å². The summed E-state index contributed by atoms with van der Waals surface area (Å²) in [6.45, 7) is 3.58. The molecule has 0 atom stereocenters. The highest BCUT2D eigenvalue weighted by molar-refractivity contribution is 5.94. The highest BCUT2D eigenvalue weighted by atomic mass is 16.5. The summed E-state index contributed by atoms with van der Waals surface area (Å²) in [4.78, 5) is 31.6. The molecule has 2 aromatic rings. The van der Waals surface area contributed by atoms with Crippen molar-refractivity contribution in [3.63, 3.8) is 0 Å². The minimum Gasteiger partial charge on any atom is -0.370 e. The lowest BCUT2D eigenvalue weighted by molar-refractivity contribution is -0.0990. The first-order valence-corrected chi connectivity index (χ1v) is 10.7. The van der Waals surface area contributed by atoms with E-state index in [0.29, 0.717) is 43.5 Å². The van der Waals surface area contributed by atoms with Crippen molar-refractivity contribution < 1.29 is 14.3 Å². The zero-order valence-electron chi connectivity index (χ0n) is 17.5. The molecule has 1 N–H and O–H groups in total. The fourth-order valence-electron chi connectivity index (χ4n) is 4.52. The standard InChI is InChI=1S/C22H27N5O3/c1-14-4-3-9-23-18(14)21(29)27-10-7-22(8-11-27)12-17-16(13-30-22)19(25-26(17)2)20(28)24-15-5-6-15/h3-4,9,15H,5-8,10-13H2,1-2H3,(H,24,28). The number of carbonyl (C=O) groups is 2. The van der Waals surface area contributed by atoms with Crippen LogP contribution in [0.4, 0.5) is 0 Å². The zero-order chi connectivity index (χ0) is 20.9. The van der Waals surface area contributed by atoms with Crippen LogP contribution in [0.25, 0.3) is 0 Å². The van der Waals surface area contributed by atoms with Gasteiger partial charge >= 0.3 is 0 Å². The Morgan fingerprint density at radius 3 is 2.70 bits per heavy atom. The van der Waals surface area contributed by atoms with E-state index in [2.05, 4.69) is 15.4 Å². The van der Waals surface area contributed by atoms with Crippen LogP contribution in [0.2, 0.25) is 0 Å². The highest BCUT2D eigenvalue weighted by Crippen LogP contribution is 2.37. The Kier molecular flexibility index (Phi) is 4.61. The minimum atomic E-state index is -0.305. The Labute approximate surface area is 175 Å². The van der Waals surface area contributed by atoms with Crippen LogP contribution in [0, 0.1) is 6.92 Å². The third-order valence-corrected chi connectivity index (χ3v) is 6.59. The molecular weight excluding hydrogens is 382 g/mol. The Hall–Kier alpha value is -2.74. The maximum Gasteiger partial charge on any atom is 0.272 e. The number of nitrogens with one attached hydrogen (secondary N) is 1. The molecule has 1 spiro atoms. The first-order valence-electron chi connectivity index (χ1n) is 10.7. The van der Waals surface area contributed by atoms with Crippen molar-refractivity contribution in [3.05, 3.63) is 46.5 Å². The molecule has 2 aromatic heterocycles. The summed E-state index contributed by atoms with van der Waals surface area (Å²) < 4.78 is 8.16. The molecule has 0 bridgehead atoms. The van der Waals surface area contributed by atoms with Gasteiger partial charge in [-0.25, -0.2) is 0 Å². The van der Waals surface area contributed by atoms with Crippen molar-refractivity contribution in [1.82, 2.24) is 25.0 Å². The number of hydrogen-bond acceptors (Lipinski definition) is 5. The lowest BCUT2D eigenvalue weighted by atomic mass is 9.83. The van der Waals surface area contributed by atoms with Crippen LogP contribution in [-0.2, 0) is 24.8 Å². The molecule has 2 fully saturated rings. The molecule has 0 unspecified atom stereocenters. The molecule has 2 amide bonds. The van der Waals surface area contributed by atoms with Gasteiger partial charge in [0.05, 0.1) is 12.2 Å². The Bertz CT molecular complexity index is 1000. The zero-order valence-corrected chi connectivity index (χ0v) is 17.5. The van der Waals surface area contributed by atoms with Gasteiger partial charge < -0.3 is 15.0 Å². The number of aromatic nitrogens is 3. The number of aryl methyl sites for hydroxylation is 2. The molecule has 1 saturated heterocycles. The molecule has 0 aromatic carbocycles. The van der Waals surface area contributed by atoms with Crippen molar-refractivity contribution >= 4 is 11.8 Å². The van der Waals surface area contributed by atoms with E-state index in [9.17, 15) is 9.59 Å². The molecule has 2 aliphatic heterocycles. The molecule has 1 saturated carbocycles. The molecule has 4 heterocycles. The molecular formula is C22H27N5O3. The van der Waals surface area contributed by atoms with Gasteiger partial charge in [0, 0.05) is 50.1 Å². The maximum atomic E-state index is 12.9. The second kappa shape index (κ2) is 7.19. The molecule has 1 aliphatic carbocycles. The third-order valence-electron chi connectivity index (χ3n) is 6.59. The Morgan fingerprint density at radius 1 is 1.23 bits per heavy atom. The van der Waals surface area contributed by atoms with Crippen LogP contribution < -0.4 is 5.32 Å². The molecule has 30 heavy (non-hydrogen) atoms.